The summed E-state index contributed by atoms with van der Waals surface area (Å²) in [6.07, 6.45) is 3.79. The standard InChI is InChI=1S/C25H28BrClF2N4O3/c26-18-19(27)22-17-21(20(18)29)30-24(36-12-25-4-1-5-32(25)8-15(28)6-25)31-23(17)33(7-13-2-3-13)16-11-34-9-14(16)10-35-22/h13-16H,1-12H2/t14?,15-,16?,25+/m1/s1. The molecular formula is C25H28BrClF2N4O3. The summed E-state index contributed by atoms with van der Waals surface area (Å²) in [4.78, 5) is 13.8. The van der Waals surface area contributed by atoms with Crippen LogP contribution < -0.4 is 14.4 Å². The van der Waals surface area contributed by atoms with Crippen LogP contribution in [0.3, 0.4) is 0 Å². The van der Waals surface area contributed by atoms with Crippen LogP contribution in [0, 0.1) is 17.7 Å². The number of ether oxygens (including phenoxy) is 3. The lowest BCUT2D eigenvalue weighted by molar-refractivity contribution is 0.107. The van der Waals surface area contributed by atoms with E-state index < -0.39 is 12.0 Å². The molecule has 2 aromatic rings. The SMILES string of the molecule is Fc1c(Br)c(Cl)c2c3c(nc(OC[C@@]45CCCN4C[C@H](F)C5)nc13)N(CC1CC1)C1COCC1CO2. The number of hydrogen-bond acceptors (Lipinski definition) is 7. The van der Waals surface area contributed by atoms with E-state index in [1.54, 1.807) is 0 Å². The van der Waals surface area contributed by atoms with Crippen molar-refractivity contribution in [2.24, 2.45) is 11.8 Å². The topological polar surface area (TPSA) is 60.0 Å². The Morgan fingerprint density at radius 3 is 2.92 bits per heavy atom. The highest BCUT2D eigenvalue weighted by atomic mass is 79.9. The van der Waals surface area contributed by atoms with Gasteiger partial charge in [0.15, 0.2) is 11.6 Å². The van der Waals surface area contributed by atoms with Gasteiger partial charge in [0.05, 0.1) is 41.3 Å². The molecule has 1 aromatic heterocycles. The summed E-state index contributed by atoms with van der Waals surface area (Å²) >= 11 is 9.88. The third-order valence-electron chi connectivity index (χ3n) is 8.55. The van der Waals surface area contributed by atoms with Crippen molar-refractivity contribution in [3.05, 3.63) is 15.3 Å². The highest BCUT2D eigenvalue weighted by Gasteiger charge is 2.49. The normalized spacial score (nSPS) is 31.8. The van der Waals surface area contributed by atoms with Crippen molar-refractivity contribution < 1.29 is 23.0 Å². The number of hydrogen-bond donors (Lipinski definition) is 0. The molecule has 7 nitrogen and oxygen atoms in total. The predicted octanol–water partition coefficient (Wildman–Crippen LogP) is 4.76. The molecule has 36 heavy (non-hydrogen) atoms. The molecule has 5 heterocycles. The second kappa shape index (κ2) is 8.78. The maximum Gasteiger partial charge on any atom is 0.319 e. The number of aromatic nitrogens is 2. The minimum absolute atomic E-state index is 0.0567. The Morgan fingerprint density at radius 1 is 1.22 bits per heavy atom. The van der Waals surface area contributed by atoms with Crippen molar-refractivity contribution in [2.75, 3.05) is 51.0 Å². The number of benzene rings is 1. The van der Waals surface area contributed by atoms with Crippen LogP contribution in [-0.2, 0) is 4.74 Å². The molecule has 1 aliphatic carbocycles. The van der Waals surface area contributed by atoms with Crippen LogP contribution in [0.2, 0.25) is 5.02 Å². The first-order valence-electron chi connectivity index (χ1n) is 12.8. The Labute approximate surface area is 221 Å². The zero-order valence-corrected chi connectivity index (χ0v) is 22.2. The molecule has 0 radical (unpaired) electrons. The molecule has 4 aliphatic heterocycles. The van der Waals surface area contributed by atoms with E-state index in [-0.39, 0.29) is 45.1 Å². The summed E-state index contributed by atoms with van der Waals surface area (Å²) in [5.41, 5.74) is -0.246. The van der Waals surface area contributed by atoms with E-state index in [1.165, 1.54) is 0 Å². The smallest absolute Gasteiger partial charge is 0.319 e. The van der Waals surface area contributed by atoms with E-state index in [2.05, 4.69) is 30.7 Å². The van der Waals surface area contributed by atoms with Crippen molar-refractivity contribution in [2.45, 2.75) is 49.9 Å². The van der Waals surface area contributed by atoms with Gasteiger partial charge in [0.1, 0.15) is 29.1 Å². The second-order valence-electron chi connectivity index (χ2n) is 11.0. The molecule has 3 saturated heterocycles. The molecule has 11 heteroatoms. The van der Waals surface area contributed by atoms with Crippen molar-refractivity contribution in [1.82, 2.24) is 14.9 Å². The maximum atomic E-state index is 15.6. The molecule has 1 saturated carbocycles. The number of fused-ring (bicyclic) bond motifs is 2. The van der Waals surface area contributed by atoms with E-state index in [4.69, 9.17) is 30.8 Å². The summed E-state index contributed by atoms with van der Waals surface area (Å²) in [6, 6.07) is 0.151. The van der Waals surface area contributed by atoms with Gasteiger partial charge in [-0.15, -0.1) is 0 Å². The average molecular weight is 586 g/mol. The quantitative estimate of drug-likeness (QED) is 0.469. The van der Waals surface area contributed by atoms with E-state index in [0.717, 1.165) is 38.8 Å². The van der Waals surface area contributed by atoms with Crippen LogP contribution >= 0.6 is 27.5 Å². The molecule has 0 amide bonds. The molecule has 0 spiro atoms. The fourth-order valence-electron chi connectivity index (χ4n) is 6.50. The molecule has 7 rings (SSSR count). The summed E-state index contributed by atoms with van der Waals surface area (Å²) < 4.78 is 48.3. The van der Waals surface area contributed by atoms with E-state index in [9.17, 15) is 4.39 Å². The van der Waals surface area contributed by atoms with Crippen molar-refractivity contribution in [3.8, 4) is 11.8 Å². The first kappa shape index (κ1) is 23.6. The summed E-state index contributed by atoms with van der Waals surface area (Å²) in [5, 5.41) is 0.632. The van der Waals surface area contributed by atoms with Gasteiger partial charge in [-0.3, -0.25) is 4.90 Å². The Bertz CT molecular complexity index is 1220. The maximum absolute atomic E-state index is 15.6. The fourth-order valence-corrected chi connectivity index (χ4v) is 7.10. The molecule has 0 N–H and O–H groups in total. The van der Waals surface area contributed by atoms with Crippen molar-refractivity contribution in [3.63, 3.8) is 0 Å². The van der Waals surface area contributed by atoms with Crippen LogP contribution in [0.4, 0.5) is 14.6 Å². The highest BCUT2D eigenvalue weighted by Crippen LogP contribution is 2.48. The lowest BCUT2D eigenvalue weighted by Gasteiger charge is -2.36. The number of alkyl halides is 1. The molecule has 5 aliphatic rings. The molecule has 2 unspecified atom stereocenters. The molecule has 1 aromatic carbocycles. The van der Waals surface area contributed by atoms with Crippen molar-refractivity contribution >= 4 is 44.3 Å². The molecule has 0 bridgehead atoms. The third kappa shape index (κ3) is 3.77. The van der Waals surface area contributed by atoms with Crippen LogP contribution in [0.1, 0.15) is 32.1 Å². The van der Waals surface area contributed by atoms with Gasteiger partial charge in [0, 0.05) is 25.4 Å². The van der Waals surface area contributed by atoms with Crippen LogP contribution in [0.5, 0.6) is 11.8 Å². The largest absolute Gasteiger partial charge is 0.491 e. The second-order valence-corrected chi connectivity index (χ2v) is 12.1. The molecule has 4 atom stereocenters. The van der Waals surface area contributed by atoms with Crippen LogP contribution in [0.15, 0.2) is 4.47 Å². The van der Waals surface area contributed by atoms with Gasteiger partial charge in [-0.2, -0.15) is 9.97 Å². The Hall–Kier alpha value is -1.49. The molecular weight excluding hydrogens is 558 g/mol. The van der Waals surface area contributed by atoms with Gasteiger partial charge in [-0.25, -0.2) is 8.78 Å². The molecule has 194 valence electrons. The van der Waals surface area contributed by atoms with E-state index in [0.29, 0.717) is 55.7 Å². The third-order valence-corrected chi connectivity index (χ3v) is 9.88. The number of halogens is 4. The summed E-state index contributed by atoms with van der Waals surface area (Å²) in [6.45, 7) is 3.93. The van der Waals surface area contributed by atoms with E-state index in [1.807, 2.05) is 0 Å². The van der Waals surface area contributed by atoms with Crippen LogP contribution in [0.25, 0.3) is 10.9 Å². The number of rotatable bonds is 5. The zero-order chi connectivity index (χ0) is 24.6. The molecule has 4 fully saturated rings. The monoisotopic (exact) mass is 584 g/mol. The first-order valence-corrected chi connectivity index (χ1v) is 14.0. The average Bonchev–Trinajstić information content (AvgIpc) is 3.28. The van der Waals surface area contributed by atoms with Gasteiger partial charge in [0.2, 0.25) is 0 Å². The number of anilines is 1. The van der Waals surface area contributed by atoms with Gasteiger partial charge < -0.3 is 19.1 Å². The lowest BCUT2D eigenvalue weighted by atomic mass is 9.95. The Balaban J connectivity index is 1.35. The fraction of sp³-hybridized carbons (Fsp3) is 0.680. The Kier molecular flexibility index (Phi) is 5.76. The van der Waals surface area contributed by atoms with E-state index >= 15 is 4.39 Å². The van der Waals surface area contributed by atoms with Gasteiger partial charge in [-0.05, 0) is 54.1 Å². The minimum Gasteiger partial charge on any atom is -0.491 e. The number of nitrogens with zero attached hydrogens (tertiary/aromatic N) is 4. The highest BCUT2D eigenvalue weighted by molar-refractivity contribution is 9.10. The summed E-state index contributed by atoms with van der Waals surface area (Å²) in [5.74, 6) is 1.07. The lowest BCUT2D eigenvalue weighted by Crippen LogP contribution is -2.45. The van der Waals surface area contributed by atoms with Gasteiger partial charge in [0.25, 0.3) is 0 Å². The first-order chi connectivity index (χ1) is 17.4. The Morgan fingerprint density at radius 2 is 2.08 bits per heavy atom. The van der Waals surface area contributed by atoms with Crippen molar-refractivity contribution in [1.29, 1.82) is 0 Å². The van der Waals surface area contributed by atoms with Gasteiger partial charge >= 0.3 is 6.01 Å². The predicted molar refractivity (Wildman–Crippen MR) is 134 cm³/mol. The minimum atomic E-state index is -0.858. The van der Waals surface area contributed by atoms with Gasteiger partial charge in [-0.1, -0.05) is 11.6 Å². The van der Waals surface area contributed by atoms with Crippen LogP contribution in [-0.4, -0.2) is 78.7 Å². The summed E-state index contributed by atoms with van der Waals surface area (Å²) in [7, 11) is 0. The zero-order valence-electron chi connectivity index (χ0n) is 19.8.